The summed E-state index contributed by atoms with van der Waals surface area (Å²) >= 11 is 1.81. The minimum absolute atomic E-state index is 0.199. The zero-order valence-electron chi connectivity index (χ0n) is 10.9. The van der Waals surface area contributed by atoms with Gasteiger partial charge < -0.3 is 5.73 Å². The SMILES string of the molecule is Cc1ccc(Sc2ccccc2CC(C)N)cc1. The van der Waals surface area contributed by atoms with Crippen molar-refractivity contribution in [3.63, 3.8) is 0 Å². The summed E-state index contributed by atoms with van der Waals surface area (Å²) in [6, 6.07) is 17.3. The van der Waals surface area contributed by atoms with Gasteiger partial charge >= 0.3 is 0 Å². The molecule has 2 rings (SSSR count). The molecule has 94 valence electrons. The molecule has 1 atom stereocenters. The minimum atomic E-state index is 0.199. The van der Waals surface area contributed by atoms with Gasteiger partial charge in [-0.05, 0) is 44.0 Å². The van der Waals surface area contributed by atoms with Gasteiger partial charge in [0.2, 0.25) is 0 Å². The van der Waals surface area contributed by atoms with Gasteiger partial charge in [-0.15, -0.1) is 0 Å². The Morgan fingerprint density at radius 3 is 2.39 bits per heavy atom. The molecule has 0 aliphatic rings. The fourth-order valence-corrected chi connectivity index (χ4v) is 2.81. The molecule has 0 heterocycles. The molecule has 1 unspecified atom stereocenters. The van der Waals surface area contributed by atoms with Crippen LogP contribution >= 0.6 is 11.8 Å². The van der Waals surface area contributed by atoms with Crippen LogP contribution in [0.2, 0.25) is 0 Å². The summed E-state index contributed by atoms with van der Waals surface area (Å²) in [4.78, 5) is 2.58. The van der Waals surface area contributed by atoms with Gasteiger partial charge in [-0.25, -0.2) is 0 Å². The number of nitrogens with two attached hydrogens (primary N) is 1. The summed E-state index contributed by atoms with van der Waals surface area (Å²) in [5, 5.41) is 0. The van der Waals surface area contributed by atoms with E-state index in [0.717, 1.165) is 6.42 Å². The van der Waals surface area contributed by atoms with E-state index in [4.69, 9.17) is 5.73 Å². The number of aryl methyl sites for hydroxylation is 1. The van der Waals surface area contributed by atoms with Crippen LogP contribution in [0.3, 0.4) is 0 Å². The van der Waals surface area contributed by atoms with Gasteiger partial charge in [0.25, 0.3) is 0 Å². The number of benzene rings is 2. The van der Waals surface area contributed by atoms with Crippen LogP contribution < -0.4 is 5.73 Å². The van der Waals surface area contributed by atoms with Crippen molar-refractivity contribution in [1.82, 2.24) is 0 Å². The first kappa shape index (κ1) is 13.2. The second kappa shape index (κ2) is 6.07. The van der Waals surface area contributed by atoms with E-state index in [0.29, 0.717) is 0 Å². The molecule has 0 amide bonds. The van der Waals surface area contributed by atoms with Crippen molar-refractivity contribution in [3.8, 4) is 0 Å². The molecule has 2 heteroatoms. The second-order valence-corrected chi connectivity index (χ2v) is 5.82. The fourth-order valence-electron chi connectivity index (χ4n) is 1.85. The highest BCUT2D eigenvalue weighted by Gasteiger charge is 2.05. The maximum atomic E-state index is 5.90. The quantitative estimate of drug-likeness (QED) is 0.894. The lowest BCUT2D eigenvalue weighted by atomic mass is 10.1. The molecule has 0 aliphatic carbocycles. The highest BCUT2D eigenvalue weighted by molar-refractivity contribution is 7.99. The Labute approximate surface area is 113 Å². The lowest BCUT2D eigenvalue weighted by Crippen LogP contribution is -2.18. The monoisotopic (exact) mass is 257 g/mol. The van der Waals surface area contributed by atoms with Crippen molar-refractivity contribution < 1.29 is 0 Å². The molecular formula is C16H19NS. The van der Waals surface area contributed by atoms with E-state index < -0.39 is 0 Å². The summed E-state index contributed by atoms with van der Waals surface area (Å²) in [5.41, 5.74) is 8.52. The summed E-state index contributed by atoms with van der Waals surface area (Å²) in [6.07, 6.45) is 0.926. The Kier molecular flexibility index (Phi) is 4.45. The Morgan fingerprint density at radius 2 is 1.72 bits per heavy atom. The Bertz CT molecular complexity index is 503. The standard InChI is InChI=1S/C16H19NS/c1-12-7-9-15(10-8-12)18-16-6-4-3-5-14(16)11-13(2)17/h3-10,13H,11,17H2,1-2H3. The number of rotatable bonds is 4. The van der Waals surface area contributed by atoms with Crippen molar-refractivity contribution in [2.75, 3.05) is 0 Å². The Hall–Kier alpha value is -1.25. The first-order chi connectivity index (χ1) is 8.65. The maximum Gasteiger partial charge on any atom is 0.0154 e. The van der Waals surface area contributed by atoms with Gasteiger partial charge in [0.15, 0.2) is 0 Å². The van der Waals surface area contributed by atoms with E-state index in [-0.39, 0.29) is 6.04 Å². The Balaban J connectivity index is 2.20. The zero-order valence-corrected chi connectivity index (χ0v) is 11.7. The third-order valence-corrected chi connectivity index (χ3v) is 3.89. The van der Waals surface area contributed by atoms with Crippen molar-refractivity contribution in [1.29, 1.82) is 0 Å². The summed E-state index contributed by atoms with van der Waals surface area (Å²) < 4.78 is 0. The molecule has 0 fully saturated rings. The van der Waals surface area contributed by atoms with E-state index in [2.05, 4.69) is 55.5 Å². The molecule has 0 aliphatic heterocycles. The first-order valence-corrected chi connectivity index (χ1v) is 7.05. The molecule has 18 heavy (non-hydrogen) atoms. The first-order valence-electron chi connectivity index (χ1n) is 6.23. The third-order valence-electron chi connectivity index (χ3n) is 2.76. The zero-order chi connectivity index (χ0) is 13.0. The normalized spacial score (nSPS) is 12.4. The molecule has 0 bridgehead atoms. The topological polar surface area (TPSA) is 26.0 Å². The highest BCUT2D eigenvalue weighted by Crippen LogP contribution is 2.30. The summed E-state index contributed by atoms with van der Waals surface area (Å²) in [7, 11) is 0. The molecular weight excluding hydrogens is 238 g/mol. The van der Waals surface area contributed by atoms with Crippen molar-refractivity contribution >= 4 is 11.8 Å². The average molecular weight is 257 g/mol. The molecule has 1 nitrogen and oxygen atoms in total. The predicted molar refractivity (Wildman–Crippen MR) is 79.1 cm³/mol. The predicted octanol–water partition coefficient (Wildman–Crippen LogP) is 4.04. The minimum Gasteiger partial charge on any atom is -0.328 e. The third kappa shape index (κ3) is 3.62. The molecule has 0 aromatic heterocycles. The molecule has 0 saturated heterocycles. The molecule has 0 saturated carbocycles. The fraction of sp³-hybridized carbons (Fsp3) is 0.250. The molecule has 2 aromatic carbocycles. The van der Waals surface area contributed by atoms with Crippen LogP contribution in [0, 0.1) is 6.92 Å². The molecule has 2 aromatic rings. The largest absolute Gasteiger partial charge is 0.328 e. The van der Waals surface area contributed by atoms with E-state index in [1.807, 2.05) is 18.7 Å². The Morgan fingerprint density at radius 1 is 1.06 bits per heavy atom. The molecule has 0 radical (unpaired) electrons. The van der Waals surface area contributed by atoms with Crippen molar-refractivity contribution in [2.24, 2.45) is 5.73 Å². The van der Waals surface area contributed by atoms with Gasteiger partial charge in [0.05, 0.1) is 0 Å². The van der Waals surface area contributed by atoms with Crippen LogP contribution in [0.1, 0.15) is 18.1 Å². The molecule has 0 spiro atoms. The molecule has 2 N–H and O–H groups in total. The van der Waals surface area contributed by atoms with Gasteiger partial charge in [0.1, 0.15) is 0 Å². The van der Waals surface area contributed by atoms with Gasteiger partial charge in [0, 0.05) is 15.8 Å². The van der Waals surface area contributed by atoms with E-state index in [1.54, 1.807) is 0 Å². The maximum absolute atomic E-state index is 5.90. The van der Waals surface area contributed by atoms with Crippen LogP contribution in [-0.2, 0) is 6.42 Å². The van der Waals surface area contributed by atoms with E-state index in [9.17, 15) is 0 Å². The smallest absolute Gasteiger partial charge is 0.0154 e. The lowest BCUT2D eigenvalue weighted by Gasteiger charge is -2.11. The van der Waals surface area contributed by atoms with Crippen LogP contribution in [-0.4, -0.2) is 6.04 Å². The highest BCUT2D eigenvalue weighted by atomic mass is 32.2. The van der Waals surface area contributed by atoms with E-state index >= 15 is 0 Å². The van der Waals surface area contributed by atoms with Gasteiger partial charge in [-0.3, -0.25) is 0 Å². The van der Waals surface area contributed by atoms with Gasteiger partial charge in [-0.2, -0.15) is 0 Å². The van der Waals surface area contributed by atoms with Crippen molar-refractivity contribution in [3.05, 3.63) is 59.7 Å². The number of hydrogen-bond acceptors (Lipinski definition) is 2. The van der Waals surface area contributed by atoms with Gasteiger partial charge in [-0.1, -0.05) is 47.7 Å². The van der Waals surface area contributed by atoms with E-state index in [1.165, 1.54) is 20.9 Å². The average Bonchev–Trinajstić information content (AvgIpc) is 2.34. The summed E-state index contributed by atoms with van der Waals surface area (Å²) in [5.74, 6) is 0. The van der Waals surface area contributed by atoms with Crippen LogP contribution in [0.25, 0.3) is 0 Å². The van der Waals surface area contributed by atoms with Crippen LogP contribution in [0.15, 0.2) is 58.3 Å². The second-order valence-electron chi connectivity index (χ2n) is 4.70. The number of hydrogen-bond donors (Lipinski definition) is 1. The lowest BCUT2D eigenvalue weighted by molar-refractivity contribution is 0.729. The van der Waals surface area contributed by atoms with Crippen molar-refractivity contribution in [2.45, 2.75) is 36.1 Å². The summed E-state index contributed by atoms with van der Waals surface area (Å²) in [6.45, 7) is 4.16. The van der Waals surface area contributed by atoms with Crippen LogP contribution in [0.4, 0.5) is 0 Å². The van der Waals surface area contributed by atoms with Crippen LogP contribution in [0.5, 0.6) is 0 Å².